The molecular weight excluding hydrogens is 212 g/mol. The lowest BCUT2D eigenvalue weighted by Gasteiger charge is -2.05. The van der Waals surface area contributed by atoms with Gasteiger partial charge in [0.2, 0.25) is 0 Å². The fraction of sp³-hybridized carbons (Fsp3) is 0.538. The van der Waals surface area contributed by atoms with Crippen molar-refractivity contribution in [2.45, 2.75) is 38.5 Å². The molecule has 2 aromatic rings. The van der Waals surface area contributed by atoms with E-state index in [0.717, 1.165) is 29.3 Å². The van der Waals surface area contributed by atoms with Crippen LogP contribution in [0.1, 0.15) is 37.9 Å². The molecule has 0 saturated heterocycles. The van der Waals surface area contributed by atoms with Gasteiger partial charge in [0.15, 0.2) is 5.65 Å². The number of imidazole rings is 1. The Hall–Kier alpha value is -1.58. The molecule has 0 aromatic carbocycles. The fourth-order valence-electron chi connectivity index (χ4n) is 2.72. The average molecular weight is 230 g/mol. The number of nitrogens with two attached hydrogens (primary N) is 1. The van der Waals surface area contributed by atoms with Crippen molar-refractivity contribution in [1.82, 2.24) is 15.0 Å². The summed E-state index contributed by atoms with van der Waals surface area (Å²) in [5.74, 6) is 2.48. The standard InChI is InChI=1S/C13H18N4/c14-11-7-6-10-13(16-11)17-12(15-10)8-5-9-3-1-2-4-9/h6-7,9H,1-5,8H2,(H3,14,15,16,17). The molecule has 2 aromatic heterocycles. The van der Waals surface area contributed by atoms with E-state index < -0.39 is 0 Å². The predicted octanol–water partition coefficient (Wildman–Crippen LogP) is 2.66. The number of nitrogen functional groups attached to an aromatic ring is 1. The third kappa shape index (κ3) is 2.25. The van der Waals surface area contributed by atoms with Crippen LogP contribution < -0.4 is 5.73 Å². The van der Waals surface area contributed by atoms with E-state index in [1.54, 1.807) is 6.07 Å². The first-order valence-corrected chi connectivity index (χ1v) is 6.42. The molecule has 1 saturated carbocycles. The first-order valence-electron chi connectivity index (χ1n) is 6.42. The number of hydrogen-bond acceptors (Lipinski definition) is 3. The summed E-state index contributed by atoms with van der Waals surface area (Å²) in [5.41, 5.74) is 7.37. The van der Waals surface area contributed by atoms with Crippen molar-refractivity contribution in [3.05, 3.63) is 18.0 Å². The summed E-state index contributed by atoms with van der Waals surface area (Å²) in [6, 6.07) is 3.75. The highest BCUT2D eigenvalue weighted by Crippen LogP contribution is 2.28. The first kappa shape index (κ1) is 10.6. The highest BCUT2D eigenvalue weighted by Gasteiger charge is 2.15. The minimum atomic E-state index is 0.534. The van der Waals surface area contributed by atoms with Gasteiger partial charge in [-0.25, -0.2) is 9.97 Å². The number of anilines is 1. The number of aromatic amines is 1. The molecule has 4 nitrogen and oxygen atoms in total. The molecule has 0 radical (unpaired) electrons. The third-order valence-corrected chi connectivity index (χ3v) is 3.68. The van der Waals surface area contributed by atoms with Gasteiger partial charge in [0.25, 0.3) is 0 Å². The van der Waals surface area contributed by atoms with Crippen LogP contribution in [0.4, 0.5) is 5.82 Å². The Morgan fingerprint density at radius 2 is 2.06 bits per heavy atom. The van der Waals surface area contributed by atoms with Gasteiger partial charge >= 0.3 is 0 Å². The van der Waals surface area contributed by atoms with Crippen molar-refractivity contribution in [2.75, 3.05) is 5.73 Å². The lowest BCUT2D eigenvalue weighted by molar-refractivity contribution is 0.498. The van der Waals surface area contributed by atoms with Crippen LogP contribution in [0.2, 0.25) is 0 Å². The lowest BCUT2D eigenvalue weighted by atomic mass is 10.0. The maximum Gasteiger partial charge on any atom is 0.179 e. The van der Waals surface area contributed by atoms with Crippen LogP contribution in [0.3, 0.4) is 0 Å². The summed E-state index contributed by atoms with van der Waals surface area (Å²) in [4.78, 5) is 12.0. The van der Waals surface area contributed by atoms with Gasteiger partial charge in [0.05, 0.1) is 5.52 Å². The molecule has 90 valence electrons. The number of nitrogens with one attached hydrogen (secondary N) is 1. The zero-order valence-electron chi connectivity index (χ0n) is 9.95. The van der Waals surface area contributed by atoms with Gasteiger partial charge in [-0.05, 0) is 24.5 Å². The van der Waals surface area contributed by atoms with E-state index in [-0.39, 0.29) is 0 Å². The number of aromatic nitrogens is 3. The summed E-state index contributed by atoms with van der Waals surface area (Å²) in [7, 11) is 0. The van der Waals surface area contributed by atoms with Crippen molar-refractivity contribution in [1.29, 1.82) is 0 Å². The van der Waals surface area contributed by atoms with E-state index >= 15 is 0 Å². The Bertz CT molecular complexity index is 511. The predicted molar refractivity (Wildman–Crippen MR) is 68.6 cm³/mol. The van der Waals surface area contributed by atoms with Crippen molar-refractivity contribution < 1.29 is 0 Å². The molecule has 0 spiro atoms. The van der Waals surface area contributed by atoms with Gasteiger partial charge in [-0.2, -0.15) is 0 Å². The highest BCUT2D eigenvalue weighted by molar-refractivity contribution is 5.72. The lowest BCUT2D eigenvalue weighted by Crippen LogP contribution is -1.97. The van der Waals surface area contributed by atoms with Crippen molar-refractivity contribution in [2.24, 2.45) is 5.92 Å². The highest BCUT2D eigenvalue weighted by atomic mass is 15.0. The molecule has 1 aliphatic rings. The molecule has 1 fully saturated rings. The van der Waals surface area contributed by atoms with Gasteiger partial charge in [-0.15, -0.1) is 0 Å². The number of pyridine rings is 1. The summed E-state index contributed by atoms with van der Waals surface area (Å²) in [6.07, 6.45) is 7.87. The normalized spacial score (nSPS) is 16.9. The molecule has 0 atom stereocenters. The molecular formula is C13H18N4. The van der Waals surface area contributed by atoms with E-state index in [9.17, 15) is 0 Å². The molecule has 0 aliphatic heterocycles. The summed E-state index contributed by atoms with van der Waals surface area (Å²) >= 11 is 0. The number of fused-ring (bicyclic) bond motifs is 1. The maximum absolute atomic E-state index is 5.64. The molecule has 3 rings (SSSR count). The Labute approximate surface area is 101 Å². The van der Waals surface area contributed by atoms with Crippen molar-refractivity contribution in [3.63, 3.8) is 0 Å². The van der Waals surface area contributed by atoms with Crippen LogP contribution in [-0.4, -0.2) is 15.0 Å². The Morgan fingerprint density at radius 1 is 1.24 bits per heavy atom. The van der Waals surface area contributed by atoms with Gasteiger partial charge in [-0.1, -0.05) is 25.7 Å². The summed E-state index contributed by atoms with van der Waals surface area (Å²) < 4.78 is 0. The SMILES string of the molecule is Nc1ccc2[nH]c(CCC3CCCC3)nc2n1. The van der Waals surface area contributed by atoms with Crippen molar-refractivity contribution >= 4 is 17.0 Å². The van der Waals surface area contributed by atoms with Gasteiger partial charge < -0.3 is 10.7 Å². The van der Waals surface area contributed by atoms with Crippen LogP contribution in [-0.2, 0) is 6.42 Å². The number of hydrogen-bond donors (Lipinski definition) is 2. The molecule has 4 heteroatoms. The molecule has 2 heterocycles. The number of aryl methyl sites for hydroxylation is 1. The Morgan fingerprint density at radius 3 is 2.88 bits per heavy atom. The van der Waals surface area contributed by atoms with Crippen LogP contribution in [0, 0.1) is 5.92 Å². The van der Waals surface area contributed by atoms with Crippen LogP contribution in [0.25, 0.3) is 11.2 Å². The second-order valence-electron chi connectivity index (χ2n) is 4.98. The smallest absolute Gasteiger partial charge is 0.179 e. The second-order valence-corrected chi connectivity index (χ2v) is 4.98. The van der Waals surface area contributed by atoms with Crippen LogP contribution in [0.5, 0.6) is 0 Å². The van der Waals surface area contributed by atoms with Crippen LogP contribution in [0.15, 0.2) is 12.1 Å². The van der Waals surface area contributed by atoms with Gasteiger partial charge in [-0.3, -0.25) is 0 Å². The van der Waals surface area contributed by atoms with Crippen molar-refractivity contribution in [3.8, 4) is 0 Å². The van der Waals surface area contributed by atoms with Gasteiger partial charge in [0, 0.05) is 6.42 Å². The second kappa shape index (κ2) is 4.35. The largest absolute Gasteiger partial charge is 0.384 e. The molecule has 0 unspecified atom stereocenters. The van der Waals surface area contributed by atoms with E-state index in [4.69, 9.17) is 5.73 Å². The number of rotatable bonds is 3. The van der Waals surface area contributed by atoms with E-state index in [1.165, 1.54) is 32.1 Å². The Balaban J connectivity index is 1.72. The number of H-pyrrole nitrogens is 1. The summed E-state index contributed by atoms with van der Waals surface area (Å²) in [5, 5.41) is 0. The molecule has 0 amide bonds. The molecule has 1 aliphatic carbocycles. The minimum Gasteiger partial charge on any atom is -0.384 e. The zero-order valence-corrected chi connectivity index (χ0v) is 9.95. The molecule has 0 bridgehead atoms. The fourth-order valence-corrected chi connectivity index (χ4v) is 2.72. The van der Waals surface area contributed by atoms with E-state index in [2.05, 4.69) is 15.0 Å². The first-order chi connectivity index (χ1) is 8.31. The average Bonchev–Trinajstić information content (AvgIpc) is 2.94. The molecule has 3 N–H and O–H groups in total. The summed E-state index contributed by atoms with van der Waals surface area (Å²) in [6.45, 7) is 0. The molecule has 17 heavy (non-hydrogen) atoms. The van der Waals surface area contributed by atoms with Crippen LogP contribution >= 0.6 is 0 Å². The third-order valence-electron chi connectivity index (χ3n) is 3.68. The van der Waals surface area contributed by atoms with E-state index in [1.807, 2.05) is 6.07 Å². The quantitative estimate of drug-likeness (QED) is 0.851. The topological polar surface area (TPSA) is 67.6 Å². The zero-order chi connectivity index (χ0) is 11.7. The van der Waals surface area contributed by atoms with Gasteiger partial charge in [0.1, 0.15) is 11.6 Å². The Kier molecular flexibility index (Phi) is 2.71. The number of nitrogens with zero attached hydrogens (tertiary/aromatic N) is 2. The van der Waals surface area contributed by atoms with E-state index in [0.29, 0.717) is 5.82 Å². The minimum absolute atomic E-state index is 0.534. The monoisotopic (exact) mass is 230 g/mol. The maximum atomic E-state index is 5.64.